The van der Waals surface area contributed by atoms with Crippen LogP contribution in [0.15, 0.2) is 11.5 Å². The van der Waals surface area contributed by atoms with Crippen molar-refractivity contribution < 1.29 is 14.0 Å². The molecule has 1 atom stereocenters. The zero-order valence-electron chi connectivity index (χ0n) is 11.6. The van der Waals surface area contributed by atoms with Crippen molar-refractivity contribution in [3.05, 3.63) is 11.5 Å². The van der Waals surface area contributed by atoms with E-state index in [1.807, 2.05) is 0 Å². The summed E-state index contributed by atoms with van der Waals surface area (Å²) in [7, 11) is -0.245. The van der Waals surface area contributed by atoms with E-state index in [-0.39, 0.29) is 18.3 Å². The maximum absolute atomic E-state index is 6.02. The molecule has 4 heteroatoms. The molecule has 0 aromatic carbocycles. The fourth-order valence-corrected chi connectivity index (χ4v) is 2.04. The van der Waals surface area contributed by atoms with Gasteiger partial charge >= 0.3 is 7.12 Å². The van der Waals surface area contributed by atoms with Crippen LogP contribution in [0, 0.1) is 0 Å². The van der Waals surface area contributed by atoms with E-state index in [1.165, 1.54) is 0 Å². The lowest BCUT2D eigenvalue weighted by molar-refractivity contribution is 0.00578. The lowest BCUT2D eigenvalue weighted by Gasteiger charge is -2.32. The summed E-state index contributed by atoms with van der Waals surface area (Å²) in [6, 6.07) is 0. The van der Waals surface area contributed by atoms with Gasteiger partial charge in [-0.1, -0.05) is 6.08 Å². The highest BCUT2D eigenvalue weighted by Gasteiger charge is 2.52. The van der Waals surface area contributed by atoms with Gasteiger partial charge in [-0.3, -0.25) is 0 Å². The largest absolute Gasteiger partial charge is 0.492 e. The molecule has 17 heavy (non-hydrogen) atoms. The van der Waals surface area contributed by atoms with Crippen molar-refractivity contribution in [2.45, 2.75) is 64.8 Å². The van der Waals surface area contributed by atoms with Gasteiger partial charge in [0.15, 0.2) is 0 Å². The molecule has 0 aromatic heterocycles. The quantitative estimate of drug-likeness (QED) is 0.657. The monoisotopic (exact) mass is 238 g/mol. The van der Waals surface area contributed by atoms with E-state index in [4.69, 9.17) is 14.0 Å². The second-order valence-corrected chi connectivity index (χ2v) is 6.07. The van der Waals surface area contributed by atoms with Crippen LogP contribution in [0.2, 0.25) is 0 Å². The van der Waals surface area contributed by atoms with Crippen LogP contribution in [0.25, 0.3) is 0 Å². The summed E-state index contributed by atoms with van der Waals surface area (Å²) in [6.07, 6.45) is 4.65. The Kier molecular flexibility index (Phi) is 3.41. The Bertz CT molecular complexity index is 307. The molecule has 1 fully saturated rings. The van der Waals surface area contributed by atoms with Crippen LogP contribution >= 0.6 is 0 Å². The third kappa shape index (κ3) is 2.59. The molecular formula is C13H23BO3. The van der Waals surface area contributed by atoms with Crippen molar-refractivity contribution in [3.8, 4) is 0 Å². The molecule has 2 rings (SSSR count). The van der Waals surface area contributed by atoms with Gasteiger partial charge in [0.1, 0.15) is 0 Å². The highest BCUT2D eigenvalue weighted by Crippen LogP contribution is 2.38. The minimum Gasteiger partial charge on any atom is -0.400 e. The summed E-state index contributed by atoms with van der Waals surface area (Å²) in [5, 5.41) is 0. The Hall–Kier alpha value is -0.315. The van der Waals surface area contributed by atoms with Gasteiger partial charge in [0, 0.05) is 0 Å². The van der Waals surface area contributed by atoms with Crippen LogP contribution in [0.5, 0.6) is 0 Å². The van der Waals surface area contributed by atoms with Gasteiger partial charge in [-0.05, 0) is 52.9 Å². The highest BCUT2D eigenvalue weighted by molar-refractivity contribution is 6.54. The van der Waals surface area contributed by atoms with Crippen LogP contribution in [0.4, 0.5) is 0 Å². The summed E-state index contributed by atoms with van der Waals surface area (Å²) in [5.41, 5.74) is 0.598. The van der Waals surface area contributed by atoms with Gasteiger partial charge in [-0.15, -0.1) is 0 Å². The third-order valence-corrected chi connectivity index (χ3v) is 4.07. The summed E-state index contributed by atoms with van der Waals surface area (Å²) >= 11 is 0. The van der Waals surface area contributed by atoms with Crippen molar-refractivity contribution in [2.75, 3.05) is 6.61 Å². The minimum absolute atomic E-state index is 0.245. The second kappa shape index (κ2) is 4.41. The van der Waals surface area contributed by atoms with Gasteiger partial charge in [0.25, 0.3) is 0 Å². The first-order valence-corrected chi connectivity index (χ1v) is 6.48. The molecule has 96 valence electrons. The van der Waals surface area contributed by atoms with Crippen LogP contribution in [0.3, 0.4) is 0 Å². The molecule has 2 heterocycles. The topological polar surface area (TPSA) is 27.7 Å². The van der Waals surface area contributed by atoms with Crippen molar-refractivity contribution in [2.24, 2.45) is 0 Å². The Balaban J connectivity index is 2.08. The number of allylic oxidation sites excluding steroid dienone is 1. The molecule has 0 saturated carbocycles. The smallest absolute Gasteiger partial charge is 0.400 e. The lowest BCUT2D eigenvalue weighted by atomic mass is 9.78. The van der Waals surface area contributed by atoms with Gasteiger partial charge in [-0.2, -0.15) is 0 Å². The molecule has 0 spiro atoms. The Morgan fingerprint density at radius 1 is 1.18 bits per heavy atom. The van der Waals surface area contributed by atoms with Gasteiger partial charge in [0.05, 0.1) is 23.9 Å². The molecule has 0 N–H and O–H groups in total. The molecule has 0 amide bonds. The molecule has 1 unspecified atom stereocenters. The van der Waals surface area contributed by atoms with E-state index < -0.39 is 0 Å². The molecule has 0 aromatic rings. The third-order valence-electron chi connectivity index (χ3n) is 4.07. The van der Waals surface area contributed by atoms with E-state index in [9.17, 15) is 0 Å². The Labute approximate surface area is 105 Å². The van der Waals surface area contributed by atoms with Crippen molar-refractivity contribution in [1.29, 1.82) is 0 Å². The van der Waals surface area contributed by atoms with E-state index in [2.05, 4.69) is 40.7 Å². The molecule has 0 radical (unpaired) electrons. The maximum atomic E-state index is 6.02. The summed E-state index contributed by atoms with van der Waals surface area (Å²) in [6.45, 7) is 11.0. The Morgan fingerprint density at radius 3 is 2.35 bits per heavy atom. The van der Waals surface area contributed by atoms with Gasteiger partial charge in [0.2, 0.25) is 0 Å². The van der Waals surface area contributed by atoms with Gasteiger partial charge in [-0.25, -0.2) is 0 Å². The summed E-state index contributed by atoms with van der Waals surface area (Å²) in [4.78, 5) is 0. The standard InChI is InChI=1S/C13H23BO3/c1-10-7-6-8-11(9-15-10)14-16-12(2,3)13(4,5)17-14/h8,10H,6-7,9H2,1-5H3. The predicted octanol–water partition coefficient (Wildman–Crippen LogP) is 2.74. The van der Waals surface area contributed by atoms with Crippen molar-refractivity contribution >= 4 is 7.12 Å². The first-order valence-electron chi connectivity index (χ1n) is 6.48. The first-order chi connectivity index (χ1) is 7.82. The zero-order chi connectivity index (χ0) is 12.7. The minimum atomic E-state index is -0.267. The molecule has 1 saturated heterocycles. The van der Waals surface area contributed by atoms with Crippen molar-refractivity contribution in [1.82, 2.24) is 0 Å². The summed E-state index contributed by atoms with van der Waals surface area (Å²) in [5.74, 6) is 0. The number of hydrogen-bond donors (Lipinski definition) is 0. The van der Waals surface area contributed by atoms with Crippen LogP contribution in [-0.4, -0.2) is 31.0 Å². The van der Waals surface area contributed by atoms with Crippen molar-refractivity contribution in [3.63, 3.8) is 0 Å². The first kappa shape index (κ1) is 13.1. The molecule has 2 aliphatic rings. The predicted molar refractivity (Wildman–Crippen MR) is 68.8 cm³/mol. The van der Waals surface area contributed by atoms with Crippen LogP contribution in [-0.2, 0) is 14.0 Å². The average molecular weight is 238 g/mol. The number of rotatable bonds is 1. The number of hydrogen-bond acceptors (Lipinski definition) is 3. The molecule has 3 nitrogen and oxygen atoms in total. The summed E-state index contributed by atoms with van der Waals surface area (Å²) < 4.78 is 17.8. The van der Waals surface area contributed by atoms with E-state index in [1.54, 1.807) is 0 Å². The second-order valence-electron chi connectivity index (χ2n) is 6.07. The molecule has 0 bridgehead atoms. The fourth-order valence-electron chi connectivity index (χ4n) is 2.04. The van der Waals surface area contributed by atoms with Crippen LogP contribution < -0.4 is 0 Å². The Morgan fingerprint density at radius 2 is 1.76 bits per heavy atom. The van der Waals surface area contributed by atoms with Gasteiger partial charge < -0.3 is 14.0 Å². The van der Waals surface area contributed by atoms with E-state index in [0.29, 0.717) is 12.7 Å². The maximum Gasteiger partial charge on any atom is 0.492 e. The van der Waals surface area contributed by atoms with E-state index >= 15 is 0 Å². The number of ether oxygens (including phenoxy) is 1. The normalized spacial score (nSPS) is 32.2. The zero-order valence-corrected chi connectivity index (χ0v) is 11.6. The molecule has 0 aliphatic carbocycles. The average Bonchev–Trinajstić information content (AvgIpc) is 2.39. The molecular weight excluding hydrogens is 215 g/mol. The SMILES string of the molecule is CC1CCC=C(B2OC(C)(C)C(C)(C)O2)CO1. The fraction of sp³-hybridized carbons (Fsp3) is 0.846. The highest BCUT2D eigenvalue weighted by atomic mass is 16.7. The lowest BCUT2D eigenvalue weighted by Crippen LogP contribution is -2.41. The molecule has 2 aliphatic heterocycles. The van der Waals surface area contributed by atoms with E-state index in [0.717, 1.165) is 18.3 Å². The van der Waals surface area contributed by atoms with Crippen LogP contribution in [0.1, 0.15) is 47.5 Å².